The molecule has 0 aromatic heterocycles. The van der Waals surface area contributed by atoms with E-state index >= 15 is 0 Å². The van der Waals surface area contributed by atoms with E-state index in [4.69, 9.17) is 9.47 Å². The van der Waals surface area contributed by atoms with E-state index < -0.39 is 0 Å². The zero-order valence-electron chi connectivity index (χ0n) is 11.3. The highest BCUT2D eigenvalue weighted by Gasteiger charge is 2.72. The summed E-state index contributed by atoms with van der Waals surface area (Å²) >= 11 is 0. The van der Waals surface area contributed by atoms with E-state index in [1.165, 1.54) is 12.8 Å². The molecule has 0 unspecified atom stereocenters. The van der Waals surface area contributed by atoms with Crippen molar-refractivity contribution in [2.24, 2.45) is 16.7 Å². The van der Waals surface area contributed by atoms with Crippen LogP contribution in [0.15, 0.2) is 12.2 Å². The molecule has 0 radical (unpaired) electrons. The van der Waals surface area contributed by atoms with E-state index in [9.17, 15) is 0 Å². The minimum atomic E-state index is -0.279. The Bertz CT molecular complexity index is 335. The van der Waals surface area contributed by atoms with Gasteiger partial charge in [0.1, 0.15) is 0 Å². The first-order chi connectivity index (χ1) is 8.04. The molecule has 96 valence electrons. The van der Waals surface area contributed by atoms with Crippen molar-refractivity contribution in [3.05, 3.63) is 12.2 Å². The fourth-order valence-corrected chi connectivity index (χ4v) is 3.55. The largest absolute Gasteiger partial charge is 0.348 e. The molecule has 1 spiro atoms. The Morgan fingerprint density at radius 3 is 2.53 bits per heavy atom. The standard InChI is InChI=1S/C15H24O2/c1-4-5-7-14-9-12(14)6-8-15(14)16-10-13(2,3)11-17-15/h5,7,12H,4,6,8-11H2,1-3H3/b7-5-/t12-,14+/m1/s1. The summed E-state index contributed by atoms with van der Waals surface area (Å²) in [4.78, 5) is 0. The second-order valence-electron chi connectivity index (χ2n) is 6.79. The van der Waals surface area contributed by atoms with Crippen LogP contribution in [0.1, 0.15) is 46.5 Å². The van der Waals surface area contributed by atoms with Gasteiger partial charge in [0.25, 0.3) is 0 Å². The molecule has 0 aromatic carbocycles. The summed E-state index contributed by atoms with van der Waals surface area (Å²) in [7, 11) is 0. The van der Waals surface area contributed by atoms with Crippen LogP contribution in [0.25, 0.3) is 0 Å². The van der Waals surface area contributed by atoms with Crippen molar-refractivity contribution in [3.8, 4) is 0 Å². The minimum Gasteiger partial charge on any atom is -0.348 e. The van der Waals surface area contributed by atoms with Crippen LogP contribution < -0.4 is 0 Å². The molecule has 2 nitrogen and oxygen atoms in total. The Kier molecular flexibility index (Phi) is 2.47. The van der Waals surface area contributed by atoms with Crippen LogP contribution in [0.5, 0.6) is 0 Å². The summed E-state index contributed by atoms with van der Waals surface area (Å²) in [5.41, 5.74) is 0.396. The number of hydrogen-bond donors (Lipinski definition) is 0. The van der Waals surface area contributed by atoms with Crippen LogP contribution in [0, 0.1) is 16.7 Å². The van der Waals surface area contributed by atoms with Crippen LogP contribution in [-0.4, -0.2) is 19.0 Å². The Balaban J connectivity index is 1.81. The average Bonchev–Trinajstić information content (AvgIpc) is 2.95. The normalized spacial score (nSPS) is 41.9. The van der Waals surface area contributed by atoms with Gasteiger partial charge in [-0.2, -0.15) is 0 Å². The molecule has 0 amide bonds. The van der Waals surface area contributed by atoms with Crippen LogP contribution in [0.3, 0.4) is 0 Å². The summed E-state index contributed by atoms with van der Waals surface area (Å²) in [6.45, 7) is 8.29. The molecule has 0 aromatic rings. The molecule has 3 aliphatic rings. The van der Waals surface area contributed by atoms with Crippen molar-refractivity contribution < 1.29 is 9.47 Å². The van der Waals surface area contributed by atoms with Gasteiger partial charge in [-0.05, 0) is 25.2 Å². The Labute approximate surface area is 104 Å². The molecule has 2 heteroatoms. The quantitative estimate of drug-likeness (QED) is 0.683. The van der Waals surface area contributed by atoms with Gasteiger partial charge in [-0.15, -0.1) is 0 Å². The lowest BCUT2D eigenvalue weighted by atomic mass is 9.89. The van der Waals surface area contributed by atoms with Crippen LogP contribution >= 0.6 is 0 Å². The molecule has 2 atom stereocenters. The van der Waals surface area contributed by atoms with Crippen molar-refractivity contribution in [2.45, 2.75) is 52.2 Å². The fraction of sp³-hybridized carbons (Fsp3) is 0.867. The van der Waals surface area contributed by atoms with Gasteiger partial charge in [0.2, 0.25) is 0 Å². The monoisotopic (exact) mass is 236 g/mol. The molecule has 1 heterocycles. The lowest BCUT2D eigenvalue weighted by Gasteiger charge is -2.45. The Morgan fingerprint density at radius 1 is 1.24 bits per heavy atom. The minimum absolute atomic E-state index is 0.174. The van der Waals surface area contributed by atoms with Gasteiger partial charge in [0.15, 0.2) is 5.79 Å². The number of rotatable bonds is 2. The van der Waals surface area contributed by atoms with Gasteiger partial charge in [-0.1, -0.05) is 32.9 Å². The first-order valence-electron chi connectivity index (χ1n) is 6.99. The van der Waals surface area contributed by atoms with E-state index in [2.05, 4.69) is 32.9 Å². The van der Waals surface area contributed by atoms with Gasteiger partial charge < -0.3 is 9.47 Å². The molecular weight excluding hydrogens is 212 g/mol. The SMILES string of the molecule is CC/C=C\[C@]12C[C@H]1CCC21OCC(C)(C)CO1. The van der Waals surface area contributed by atoms with Crippen molar-refractivity contribution in [1.82, 2.24) is 0 Å². The van der Waals surface area contributed by atoms with Crippen molar-refractivity contribution in [3.63, 3.8) is 0 Å². The maximum atomic E-state index is 6.22. The fourth-order valence-electron chi connectivity index (χ4n) is 3.55. The van der Waals surface area contributed by atoms with Crippen molar-refractivity contribution in [2.75, 3.05) is 13.2 Å². The van der Waals surface area contributed by atoms with Crippen LogP contribution in [-0.2, 0) is 9.47 Å². The van der Waals surface area contributed by atoms with E-state index in [0.29, 0.717) is 0 Å². The van der Waals surface area contributed by atoms with Crippen LogP contribution in [0.2, 0.25) is 0 Å². The number of allylic oxidation sites excluding steroid dienone is 1. The molecular formula is C15H24O2. The molecule has 17 heavy (non-hydrogen) atoms. The summed E-state index contributed by atoms with van der Waals surface area (Å²) < 4.78 is 12.4. The lowest BCUT2D eigenvalue weighted by Crippen LogP contribution is -2.51. The predicted molar refractivity (Wildman–Crippen MR) is 67.6 cm³/mol. The lowest BCUT2D eigenvalue weighted by molar-refractivity contribution is -0.317. The third-order valence-electron chi connectivity index (χ3n) is 4.73. The molecule has 0 N–H and O–H groups in total. The summed E-state index contributed by atoms with van der Waals surface area (Å²) in [5, 5.41) is 0. The van der Waals surface area contributed by atoms with Gasteiger partial charge in [0, 0.05) is 17.3 Å². The smallest absolute Gasteiger partial charge is 0.177 e. The van der Waals surface area contributed by atoms with Gasteiger partial charge >= 0.3 is 0 Å². The number of fused-ring (bicyclic) bond motifs is 2. The topological polar surface area (TPSA) is 18.5 Å². The second-order valence-corrected chi connectivity index (χ2v) is 6.79. The maximum Gasteiger partial charge on any atom is 0.177 e. The van der Waals surface area contributed by atoms with Crippen LogP contribution in [0.4, 0.5) is 0 Å². The first-order valence-corrected chi connectivity index (χ1v) is 6.99. The third-order valence-corrected chi connectivity index (χ3v) is 4.73. The number of ether oxygens (including phenoxy) is 2. The molecule has 1 saturated heterocycles. The van der Waals surface area contributed by atoms with Gasteiger partial charge in [-0.3, -0.25) is 0 Å². The molecule has 2 aliphatic carbocycles. The van der Waals surface area contributed by atoms with Crippen molar-refractivity contribution >= 4 is 0 Å². The number of hydrogen-bond acceptors (Lipinski definition) is 2. The Morgan fingerprint density at radius 2 is 1.94 bits per heavy atom. The molecule has 3 rings (SSSR count). The van der Waals surface area contributed by atoms with Gasteiger partial charge in [0.05, 0.1) is 13.2 Å². The molecule has 3 fully saturated rings. The van der Waals surface area contributed by atoms with E-state index in [1.807, 2.05) is 0 Å². The second kappa shape index (κ2) is 3.58. The zero-order chi connectivity index (χ0) is 12.1. The predicted octanol–water partition coefficient (Wildman–Crippen LogP) is 3.52. The highest BCUT2D eigenvalue weighted by atomic mass is 16.7. The third kappa shape index (κ3) is 1.61. The maximum absolute atomic E-state index is 6.22. The molecule has 1 aliphatic heterocycles. The summed E-state index contributed by atoms with van der Waals surface area (Å²) in [6.07, 6.45) is 9.42. The molecule has 2 saturated carbocycles. The first kappa shape index (κ1) is 11.7. The van der Waals surface area contributed by atoms with E-state index in [-0.39, 0.29) is 16.6 Å². The molecule has 0 bridgehead atoms. The van der Waals surface area contributed by atoms with E-state index in [1.54, 1.807) is 0 Å². The van der Waals surface area contributed by atoms with Gasteiger partial charge in [-0.25, -0.2) is 0 Å². The summed E-state index contributed by atoms with van der Waals surface area (Å²) in [5.74, 6) is 0.533. The Hall–Kier alpha value is -0.340. The van der Waals surface area contributed by atoms with E-state index in [0.717, 1.165) is 32.0 Å². The summed E-state index contributed by atoms with van der Waals surface area (Å²) in [6, 6.07) is 0. The van der Waals surface area contributed by atoms with Crippen molar-refractivity contribution in [1.29, 1.82) is 0 Å². The zero-order valence-corrected chi connectivity index (χ0v) is 11.3. The highest BCUT2D eigenvalue weighted by molar-refractivity contribution is 5.26. The average molecular weight is 236 g/mol. The highest BCUT2D eigenvalue weighted by Crippen LogP contribution is 2.71.